The Bertz CT molecular complexity index is 732. The first kappa shape index (κ1) is 13.2. The fourth-order valence-electron chi connectivity index (χ4n) is 2.05. The maximum atomic E-state index is 5.45. The largest absolute Gasteiger partial charge is 0.452 e. The lowest BCUT2D eigenvalue weighted by Crippen LogP contribution is -2.03. The van der Waals surface area contributed by atoms with Gasteiger partial charge in [-0.3, -0.25) is 0 Å². The van der Waals surface area contributed by atoms with Crippen LogP contribution in [0.3, 0.4) is 0 Å². The first-order valence-corrected chi connectivity index (χ1v) is 7.24. The Morgan fingerprint density at radius 2 is 2.20 bits per heavy atom. The third-order valence-electron chi connectivity index (χ3n) is 3.02. The molecule has 3 aromatic heterocycles. The molecule has 104 valence electrons. The number of aromatic nitrogens is 3. The van der Waals surface area contributed by atoms with E-state index in [4.69, 9.17) is 4.42 Å². The summed E-state index contributed by atoms with van der Waals surface area (Å²) in [6.07, 6.45) is 3.66. The molecule has 0 radical (unpaired) electrons. The third kappa shape index (κ3) is 2.56. The SMILES string of the molecule is CC(C)n1ncc2cc(NCc3ccc(Br)o3)cnc21. The van der Waals surface area contributed by atoms with Gasteiger partial charge in [-0.15, -0.1) is 0 Å². The molecular weight excluding hydrogens is 320 g/mol. The molecule has 20 heavy (non-hydrogen) atoms. The molecule has 0 bridgehead atoms. The van der Waals surface area contributed by atoms with Crippen LogP contribution in [-0.2, 0) is 6.54 Å². The quantitative estimate of drug-likeness (QED) is 0.784. The highest BCUT2D eigenvalue weighted by atomic mass is 79.9. The number of fused-ring (bicyclic) bond motifs is 1. The second-order valence-corrected chi connectivity index (χ2v) is 5.66. The Labute approximate surface area is 125 Å². The molecule has 1 N–H and O–H groups in total. The summed E-state index contributed by atoms with van der Waals surface area (Å²) in [5.41, 5.74) is 1.86. The van der Waals surface area contributed by atoms with Gasteiger partial charge in [0.05, 0.1) is 24.6 Å². The summed E-state index contributed by atoms with van der Waals surface area (Å²) in [5, 5.41) is 8.68. The Morgan fingerprint density at radius 3 is 2.90 bits per heavy atom. The topological polar surface area (TPSA) is 55.9 Å². The molecule has 0 saturated heterocycles. The van der Waals surface area contributed by atoms with E-state index in [1.807, 2.05) is 35.3 Å². The molecule has 6 heteroatoms. The average Bonchev–Trinajstić information content (AvgIpc) is 3.01. The Kier molecular flexibility index (Phi) is 3.48. The lowest BCUT2D eigenvalue weighted by Gasteiger charge is -2.07. The van der Waals surface area contributed by atoms with Crippen molar-refractivity contribution in [3.05, 3.63) is 41.0 Å². The number of halogens is 1. The van der Waals surface area contributed by atoms with Crippen molar-refractivity contribution in [1.82, 2.24) is 14.8 Å². The van der Waals surface area contributed by atoms with Gasteiger partial charge in [0.1, 0.15) is 5.76 Å². The number of pyridine rings is 1. The van der Waals surface area contributed by atoms with Crippen LogP contribution in [0.25, 0.3) is 11.0 Å². The number of nitrogens with one attached hydrogen (secondary N) is 1. The number of anilines is 1. The van der Waals surface area contributed by atoms with Crippen LogP contribution in [0.2, 0.25) is 0 Å². The lowest BCUT2D eigenvalue weighted by atomic mass is 10.3. The standard InChI is InChI=1S/C14H15BrN4O/c1-9(2)19-14-10(6-18-19)5-11(7-17-14)16-8-12-3-4-13(15)20-12/h3-7,9,16H,8H2,1-2H3. The lowest BCUT2D eigenvalue weighted by molar-refractivity contribution is 0.495. The van der Waals surface area contributed by atoms with E-state index in [1.165, 1.54) is 0 Å². The molecule has 0 aliphatic heterocycles. The van der Waals surface area contributed by atoms with Gasteiger partial charge in [0.2, 0.25) is 0 Å². The fourth-order valence-corrected chi connectivity index (χ4v) is 2.39. The number of nitrogens with zero attached hydrogens (tertiary/aromatic N) is 3. The van der Waals surface area contributed by atoms with Crippen LogP contribution in [-0.4, -0.2) is 14.8 Å². The molecule has 0 unspecified atom stereocenters. The predicted octanol–water partition coefficient (Wildman–Crippen LogP) is 3.98. The molecule has 0 aliphatic carbocycles. The molecule has 0 spiro atoms. The summed E-state index contributed by atoms with van der Waals surface area (Å²) >= 11 is 3.29. The van der Waals surface area contributed by atoms with Gasteiger partial charge >= 0.3 is 0 Å². The molecule has 0 amide bonds. The third-order valence-corrected chi connectivity index (χ3v) is 3.44. The van der Waals surface area contributed by atoms with Crippen LogP contribution in [0.15, 0.2) is 39.7 Å². The highest BCUT2D eigenvalue weighted by Crippen LogP contribution is 2.20. The minimum absolute atomic E-state index is 0.305. The Hall–Kier alpha value is -1.82. The normalized spacial score (nSPS) is 11.4. The van der Waals surface area contributed by atoms with E-state index in [1.54, 1.807) is 0 Å². The van der Waals surface area contributed by atoms with E-state index in [-0.39, 0.29) is 0 Å². The zero-order valence-corrected chi connectivity index (χ0v) is 12.9. The molecular formula is C14H15BrN4O. The van der Waals surface area contributed by atoms with Crippen molar-refractivity contribution < 1.29 is 4.42 Å². The number of furan rings is 1. The molecule has 0 aromatic carbocycles. The van der Waals surface area contributed by atoms with E-state index in [2.05, 4.69) is 45.2 Å². The zero-order valence-electron chi connectivity index (χ0n) is 11.3. The summed E-state index contributed by atoms with van der Waals surface area (Å²) in [4.78, 5) is 4.48. The van der Waals surface area contributed by atoms with Crippen molar-refractivity contribution in [2.75, 3.05) is 5.32 Å². The second kappa shape index (κ2) is 5.28. The average molecular weight is 335 g/mol. The molecule has 0 aliphatic rings. The van der Waals surface area contributed by atoms with Gasteiger partial charge in [-0.1, -0.05) is 0 Å². The Morgan fingerprint density at radius 1 is 1.35 bits per heavy atom. The van der Waals surface area contributed by atoms with Crippen LogP contribution >= 0.6 is 15.9 Å². The van der Waals surface area contributed by atoms with Gasteiger partial charge in [-0.05, 0) is 48.0 Å². The fraction of sp³-hybridized carbons (Fsp3) is 0.286. The van der Waals surface area contributed by atoms with Gasteiger partial charge in [0.25, 0.3) is 0 Å². The maximum Gasteiger partial charge on any atom is 0.169 e. The van der Waals surface area contributed by atoms with Crippen LogP contribution < -0.4 is 5.32 Å². The van der Waals surface area contributed by atoms with Crippen molar-refractivity contribution in [2.45, 2.75) is 26.4 Å². The van der Waals surface area contributed by atoms with Gasteiger partial charge in [-0.2, -0.15) is 5.10 Å². The number of hydrogen-bond donors (Lipinski definition) is 1. The van der Waals surface area contributed by atoms with Crippen LogP contribution in [0.1, 0.15) is 25.6 Å². The van der Waals surface area contributed by atoms with E-state index in [0.717, 1.165) is 27.2 Å². The van der Waals surface area contributed by atoms with Crippen molar-refractivity contribution in [3.63, 3.8) is 0 Å². The van der Waals surface area contributed by atoms with Crippen LogP contribution in [0.4, 0.5) is 5.69 Å². The Balaban J connectivity index is 1.79. The molecule has 3 rings (SSSR count). The molecule has 3 aromatic rings. The molecule has 0 saturated carbocycles. The molecule has 0 fully saturated rings. The van der Waals surface area contributed by atoms with Gasteiger partial charge < -0.3 is 9.73 Å². The van der Waals surface area contributed by atoms with Crippen LogP contribution in [0.5, 0.6) is 0 Å². The summed E-state index contributed by atoms with van der Waals surface area (Å²) in [6, 6.07) is 6.16. The summed E-state index contributed by atoms with van der Waals surface area (Å²) in [6.45, 7) is 4.81. The van der Waals surface area contributed by atoms with Crippen molar-refractivity contribution in [1.29, 1.82) is 0 Å². The first-order valence-electron chi connectivity index (χ1n) is 6.45. The molecule has 3 heterocycles. The van der Waals surface area contributed by atoms with Crippen molar-refractivity contribution >= 4 is 32.7 Å². The van der Waals surface area contributed by atoms with Crippen LogP contribution in [0, 0.1) is 0 Å². The first-order chi connectivity index (χ1) is 9.63. The number of rotatable bonds is 4. The van der Waals surface area contributed by atoms with Crippen molar-refractivity contribution in [3.8, 4) is 0 Å². The summed E-state index contributed by atoms with van der Waals surface area (Å²) < 4.78 is 8.10. The van der Waals surface area contributed by atoms with Gasteiger partial charge in [-0.25, -0.2) is 9.67 Å². The van der Waals surface area contributed by atoms with E-state index >= 15 is 0 Å². The monoisotopic (exact) mass is 334 g/mol. The molecule has 5 nitrogen and oxygen atoms in total. The highest BCUT2D eigenvalue weighted by molar-refractivity contribution is 9.10. The maximum absolute atomic E-state index is 5.45. The molecule has 0 atom stereocenters. The van der Waals surface area contributed by atoms with Gasteiger partial charge in [0.15, 0.2) is 10.3 Å². The number of hydrogen-bond acceptors (Lipinski definition) is 4. The highest BCUT2D eigenvalue weighted by Gasteiger charge is 2.08. The smallest absolute Gasteiger partial charge is 0.169 e. The summed E-state index contributed by atoms with van der Waals surface area (Å²) in [7, 11) is 0. The zero-order chi connectivity index (χ0) is 14.1. The van der Waals surface area contributed by atoms with E-state index < -0.39 is 0 Å². The van der Waals surface area contributed by atoms with Gasteiger partial charge in [0, 0.05) is 11.4 Å². The minimum atomic E-state index is 0.305. The summed E-state index contributed by atoms with van der Waals surface area (Å²) in [5.74, 6) is 0.870. The second-order valence-electron chi connectivity index (χ2n) is 4.88. The van der Waals surface area contributed by atoms with Crippen molar-refractivity contribution in [2.24, 2.45) is 0 Å². The minimum Gasteiger partial charge on any atom is -0.452 e. The predicted molar refractivity (Wildman–Crippen MR) is 81.6 cm³/mol. The van der Waals surface area contributed by atoms with E-state index in [9.17, 15) is 0 Å². The van der Waals surface area contributed by atoms with E-state index in [0.29, 0.717) is 12.6 Å².